The molecule has 0 amide bonds. The molecule has 106 valence electrons. The molecule has 0 aromatic heterocycles. The second-order valence-corrected chi connectivity index (χ2v) is 7.62. The molecule has 7 heteroatoms. The summed E-state index contributed by atoms with van der Waals surface area (Å²) in [4.78, 5) is 9.99. The third-order valence-electron chi connectivity index (χ3n) is 3.33. The van der Waals surface area contributed by atoms with Crippen LogP contribution in [0.3, 0.4) is 0 Å². The second kappa shape index (κ2) is 5.26. The molecular weight excluding hydrogens is 270 g/mol. The summed E-state index contributed by atoms with van der Waals surface area (Å²) in [5.41, 5.74) is 0.607. The molecule has 1 atom stereocenters. The SMILES string of the molecule is CC(C)(C(O)Cc1ccc([N+](=O)[O-])cc1)S(C)(=O)=O. The molecule has 0 aliphatic carbocycles. The van der Waals surface area contributed by atoms with E-state index in [-0.39, 0.29) is 12.1 Å². The van der Waals surface area contributed by atoms with Gasteiger partial charge in [0.15, 0.2) is 9.84 Å². The van der Waals surface area contributed by atoms with Crippen molar-refractivity contribution in [1.29, 1.82) is 0 Å². The lowest BCUT2D eigenvalue weighted by Gasteiger charge is -2.28. The quantitative estimate of drug-likeness (QED) is 0.650. The van der Waals surface area contributed by atoms with Crippen LogP contribution in [-0.2, 0) is 16.3 Å². The van der Waals surface area contributed by atoms with Gasteiger partial charge in [-0.05, 0) is 25.8 Å². The maximum Gasteiger partial charge on any atom is 0.269 e. The maximum absolute atomic E-state index is 11.6. The van der Waals surface area contributed by atoms with E-state index in [1.54, 1.807) is 0 Å². The summed E-state index contributed by atoms with van der Waals surface area (Å²) in [6, 6.07) is 5.68. The average molecular weight is 287 g/mol. The van der Waals surface area contributed by atoms with E-state index in [4.69, 9.17) is 0 Å². The lowest BCUT2D eigenvalue weighted by molar-refractivity contribution is -0.384. The average Bonchev–Trinajstić information content (AvgIpc) is 2.28. The molecule has 0 aliphatic rings. The molecule has 0 saturated heterocycles. The Bertz CT molecular complexity index is 562. The van der Waals surface area contributed by atoms with E-state index >= 15 is 0 Å². The summed E-state index contributed by atoms with van der Waals surface area (Å²) in [5.74, 6) is 0. The van der Waals surface area contributed by atoms with Crippen molar-refractivity contribution in [3.8, 4) is 0 Å². The first-order valence-electron chi connectivity index (χ1n) is 5.66. The van der Waals surface area contributed by atoms with Crippen molar-refractivity contribution in [1.82, 2.24) is 0 Å². The summed E-state index contributed by atoms with van der Waals surface area (Å²) in [6.07, 6.45) is 0.119. The Morgan fingerprint density at radius 1 is 1.32 bits per heavy atom. The van der Waals surface area contributed by atoms with E-state index in [1.165, 1.54) is 38.1 Å². The van der Waals surface area contributed by atoms with Crippen LogP contribution in [0.25, 0.3) is 0 Å². The fraction of sp³-hybridized carbons (Fsp3) is 0.500. The second-order valence-electron chi connectivity index (χ2n) is 5.02. The van der Waals surface area contributed by atoms with Crippen LogP contribution in [0.5, 0.6) is 0 Å². The predicted molar refractivity (Wildman–Crippen MR) is 71.7 cm³/mol. The van der Waals surface area contributed by atoms with Gasteiger partial charge in [0.2, 0.25) is 0 Å². The molecule has 19 heavy (non-hydrogen) atoms. The van der Waals surface area contributed by atoms with Gasteiger partial charge in [0, 0.05) is 18.4 Å². The zero-order valence-corrected chi connectivity index (χ0v) is 11.8. The fourth-order valence-electron chi connectivity index (χ4n) is 1.47. The van der Waals surface area contributed by atoms with Gasteiger partial charge in [0.1, 0.15) is 0 Å². The maximum atomic E-state index is 11.6. The number of rotatable bonds is 5. The molecule has 1 aromatic rings. The van der Waals surface area contributed by atoms with E-state index in [1.807, 2.05) is 0 Å². The number of benzene rings is 1. The Morgan fingerprint density at radius 2 is 1.79 bits per heavy atom. The van der Waals surface area contributed by atoms with Crippen LogP contribution in [0.1, 0.15) is 19.4 Å². The van der Waals surface area contributed by atoms with Gasteiger partial charge in [-0.3, -0.25) is 10.1 Å². The van der Waals surface area contributed by atoms with Crippen LogP contribution in [0.2, 0.25) is 0 Å². The summed E-state index contributed by atoms with van der Waals surface area (Å²) >= 11 is 0. The number of aliphatic hydroxyl groups excluding tert-OH is 1. The van der Waals surface area contributed by atoms with Crippen molar-refractivity contribution in [2.24, 2.45) is 0 Å². The third kappa shape index (κ3) is 3.51. The summed E-state index contributed by atoms with van der Waals surface area (Å²) in [6.45, 7) is 2.91. The summed E-state index contributed by atoms with van der Waals surface area (Å²) in [5, 5.41) is 20.5. The van der Waals surface area contributed by atoms with E-state index in [0.29, 0.717) is 5.56 Å². The number of hydrogen-bond donors (Lipinski definition) is 1. The van der Waals surface area contributed by atoms with Crippen LogP contribution in [0, 0.1) is 10.1 Å². The van der Waals surface area contributed by atoms with Crippen molar-refractivity contribution < 1.29 is 18.4 Å². The van der Waals surface area contributed by atoms with Crippen LogP contribution in [0.4, 0.5) is 5.69 Å². The Labute approximate surface area is 112 Å². The first-order valence-corrected chi connectivity index (χ1v) is 7.56. The Kier molecular flexibility index (Phi) is 4.32. The third-order valence-corrected chi connectivity index (χ3v) is 5.52. The van der Waals surface area contributed by atoms with Crippen LogP contribution in [-0.4, -0.2) is 35.6 Å². The van der Waals surface area contributed by atoms with Gasteiger partial charge in [-0.15, -0.1) is 0 Å². The molecule has 0 bridgehead atoms. The minimum atomic E-state index is -3.40. The first kappa shape index (κ1) is 15.6. The van der Waals surface area contributed by atoms with Crippen LogP contribution in [0.15, 0.2) is 24.3 Å². The molecule has 1 unspecified atom stereocenters. The number of aliphatic hydroxyl groups is 1. The van der Waals surface area contributed by atoms with Gasteiger partial charge in [-0.25, -0.2) is 8.42 Å². The minimum Gasteiger partial charge on any atom is -0.391 e. The van der Waals surface area contributed by atoms with Crippen molar-refractivity contribution in [3.05, 3.63) is 39.9 Å². The van der Waals surface area contributed by atoms with E-state index in [2.05, 4.69) is 0 Å². The highest BCUT2D eigenvalue weighted by atomic mass is 32.2. The van der Waals surface area contributed by atoms with E-state index < -0.39 is 25.6 Å². The Hall–Kier alpha value is -1.47. The monoisotopic (exact) mass is 287 g/mol. The highest BCUT2D eigenvalue weighted by molar-refractivity contribution is 7.92. The van der Waals surface area contributed by atoms with Crippen molar-refractivity contribution >= 4 is 15.5 Å². The molecule has 0 heterocycles. The summed E-state index contributed by atoms with van der Waals surface area (Å²) in [7, 11) is -3.40. The molecule has 0 saturated carbocycles. The number of sulfone groups is 1. The van der Waals surface area contributed by atoms with Crippen molar-refractivity contribution in [2.45, 2.75) is 31.1 Å². The lowest BCUT2D eigenvalue weighted by Crippen LogP contribution is -2.44. The van der Waals surface area contributed by atoms with Gasteiger partial charge < -0.3 is 5.11 Å². The number of non-ortho nitro benzene ring substituents is 1. The van der Waals surface area contributed by atoms with Crippen molar-refractivity contribution in [2.75, 3.05) is 6.26 Å². The van der Waals surface area contributed by atoms with Gasteiger partial charge in [0.05, 0.1) is 15.8 Å². The normalized spacial score (nSPS) is 14.1. The van der Waals surface area contributed by atoms with Gasteiger partial charge in [-0.2, -0.15) is 0 Å². The van der Waals surface area contributed by atoms with Crippen LogP contribution < -0.4 is 0 Å². The van der Waals surface area contributed by atoms with E-state index in [0.717, 1.165) is 6.26 Å². The zero-order valence-electron chi connectivity index (χ0n) is 11.0. The molecule has 1 aromatic carbocycles. The number of nitrogens with zero attached hydrogens (tertiary/aromatic N) is 1. The molecule has 0 aliphatic heterocycles. The van der Waals surface area contributed by atoms with Gasteiger partial charge in [-0.1, -0.05) is 12.1 Å². The standard InChI is InChI=1S/C12H17NO5S/c1-12(2,19(3,17)18)11(14)8-9-4-6-10(7-5-9)13(15)16/h4-7,11,14H,8H2,1-3H3. The zero-order chi connectivity index (χ0) is 14.8. The smallest absolute Gasteiger partial charge is 0.269 e. The topological polar surface area (TPSA) is 97.5 Å². The molecule has 1 rings (SSSR count). The molecule has 0 radical (unpaired) electrons. The molecule has 6 nitrogen and oxygen atoms in total. The highest BCUT2D eigenvalue weighted by Gasteiger charge is 2.37. The molecular formula is C12H17NO5S. The Morgan fingerprint density at radius 3 is 2.16 bits per heavy atom. The predicted octanol–water partition coefficient (Wildman–Crippen LogP) is 1.32. The number of nitro groups is 1. The number of nitro benzene ring substituents is 1. The summed E-state index contributed by atoms with van der Waals surface area (Å²) < 4.78 is 21.9. The fourth-order valence-corrected chi connectivity index (χ4v) is 2.05. The van der Waals surface area contributed by atoms with Gasteiger partial charge in [0.25, 0.3) is 5.69 Å². The van der Waals surface area contributed by atoms with E-state index in [9.17, 15) is 23.6 Å². The van der Waals surface area contributed by atoms with Crippen LogP contribution >= 0.6 is 0 Å². The first-order chi connectivity index (χ1) is 8.55. The van der Waals surface area contributed by atoms with Gasteiger partial charge >= 0.3 is 0 Å². The minimum absolute atomic E-state index is 0.0411. The lowest BCUT2D eigenvalue weighted by atomic mass is 9.98. The molecule has 0 spiro atoms. The largest absolute Gasteiger partial charge is 0.391 e. The molecule has 1 N–H and O–H groups in total. The highest BCUT2D eigenvalue weighted by Crippen LogP contribution is 2.23. The molecule has 0 fully saturated rings. The van der Waals surface area contributed by atoms with Crippen molar-refractivity contribution in [3.63, 3.8) is 0 Å². The Balaban J connectivity index is 2.88. The number of hydrogen-bond acceptors (Lipinski definition) is 5.